The van der Waals surface area contributed by atoms with Crippen molar-refractivity contribution in [2.45, 2.75) is 20.3 Å². The van der Waals surface area contributed by atoms with Crippen molar-refractivity contribution in [3.63, 3.8) is 0 Å². The van der Waals surface area contributed by atoms with E-state index in [1.165, 1.54) is 11.8 Å². The first kappa shape index (κ1) is 21.5. The number of rotatable bonds is 7. The number of benzene rings is 2. The lowest BCUT2D eigenvalue weighted by Crippen LogP contribution is -2.29. The number of amidine groups is 1. The van der Waals surface area contributed by atoms with E-state index in [0.29, 0.717) is 23.2 Å². The summed E-state index contributed by atoms with van der Waals surface area (Å²) in [7, 11) is 1.63. The van der Waals surface area contributed by atoms with Gasteiger partial charge in [0, 0.05) is 6.54 Å². The summed E-state index contributed by atoms with van der Waals surface area (Å²) in [5, 5.41) is 0.694. The third kappa shape index (κ3) is 5.22. The summed E-state index contributed by atoms with van der Waals surface area (Å²) in [6.07, 6.45) is 2.75. The Labute approximate surface area is 183 Å². The molecule has 1 fully saturated rings. The van der Waals surface area contributed by atoms with Crippen molar-refractivity contribution in [1.82, 2.24) is 4.90 Å². The van der Waals surface area contributed by atoms with Gasteiger partial charge in [-0.05, 0) is 89.1 Å². The molecule has 2 aromatic rings. The summed E-state index contributed by atoms with van der Waals surface area (Å²) in [6.45, 7) is 5.25. The van der Waals surface area contributed by atoms with Crippen molar-refractivity contribution >= 4 is 50.5 Å². The molecule has 0 atom stereocenters. The van der Waals surface area contributed by atoms with Crippen LogP contribution in [-0.2, 0) is 4.79 Å². The second kappa shape index (κ2) is 9.98. The molecule has 0 spiro atoms. The zero-order valence-corrected chi connectivity index (χ0v) is 19.0. The lowest BCUT2D eigenvalue weighted by molar-refractivity contribution is -0.122. The summed E-state index contributed by atoms with van der Waals surface area (Å²) in [4.78, 5) is 20.0. The van der Waals surface area contributed by atoms with Gasteiger partial charge in [-0.3, -0.25) is 9.69 Å². The molecule has 5 nitrogen and oxygen atoms in total. The van der Waals surface area contributed by atoms with Gasteiger partial charge in [-0.15, -0.1) is 0 Å². The molecular formula is C22H23BrN2O3S. The SMILES string of the molecule is CCCN1C(=O)/C(=C\c2ccc(OC)c(Br)c2)SC1=Nc1ccc(OCC)cc1. The first-order chi connectivity index (χ1) is 14.0. The standard InChI is InChI=1S/C22H23BrN2O3S/c1-4-12-25-21(26)20(14-15-6-11-19(27-3)18(23)13-15)29-22(25)24-16-7-9-17(10-8-16)28-5-2/h6-11,13-14H,4-5,12H2,1-3H3/b20-14+,24-22?. The number of aliphatic imine (C=N–C) groups is 1. The second-order valence-electron chi connectivity index (χ2n) is 6.28. The maximum Gasteiger partial charge on any atom is 0.266 e. The summed E-state index contributed by atoms with van der Waals surface area (Å²) in [5.74, 6) is 1.54. The molecule has 2 aromatic carbocycles. The zero-order chi connectivity index (χ0) is 20.8. The van der Waals surface area contributed by atoms with Crippen LogP contribution in [0.2, 0.25) is 0 Å². The lowest BCUT2D eigenvalue weighted by atomic mass is 10.2. The van der Waals surface area contributed by atoms with E-state index in [4.69, 9.17) is 14.5 Å². The molecule has 1 amide bonds. The normalized spacial score (nSPS) is 16.7. The summed E-state index contributed by atoms with van der Waals surface area (Å²) < 4.78 is 11.6. The van der Waals surface area contributed by atoms with Crippen LogP contribution in [0.4, 0.5) is 5.69 Å². The number of carbonyl (C=O) groups is 1. The van der Waals surface area contributed by atoms with Crippen molar-refractivity contribution in [3.05, 3.63) is 57.4 Å². The third-order valence-electron chi connectivity index (χ3n) is 4.18. The van der Waals surface area contributed by atoms with Crippen LogP contribution in [0.1, 0.15) is 25.8 Å². The average Bonchev–Trinajstić information content (AvgIpc) is 2.99. The highest BCUT2D eigenvalue weighted by molar-refractivity contribution is 9.10. The first-order valence-electron chi connectivity index (χ1n) is 9.42. The van der Waals surface area contributed by atoms with Gasteiger partial charge >= 0.3 is 0 Å². The molecule has 7 heteroatoms. The predicted octanol–water partition coefficient (Wildman–Crippen LogP) is 5.87. The minimum atomic E-state index is -0.0199. The molecule has 1 aliphatic rings. The van der Waals surface area contributed by atoms with Gasteiger partial charge in [0.2, 0.25) is 0 Å². The van der Waals surface area contributed by atoms with Crippen LogP contribution in [0.15, 0.2) is 56.8 Å². The zero-order valence-electron chi connectivity index (χ0n) is 16.6. The number of thioether (sulfide) groups is 1. The van der Waals surface area contributed by atoms with E-state index in [9.17, 15) is 4.79 Å². The second-order valence-corrected chi connectivity index (χ2v) is 8.15. The average molecular weight is 475 g/mol. The molecule has 29 heavy (non-hydrogen) atoms. The maximum atomic E-state index is 12.9. The Morgan fingerprint density at radius 2 is 1.93 bits per heavy atom. The maximum absolute atomic E-state index is 12.9. The van der Waals surface area contributed by atoms with Gasteiger partial charge in [0.25, 0.3) is 5.91 Å². The molecule has 0 aliphatic carbocycles. The van der Waals surface area contributed by atoms with E-state index in [1.54, 1.807) is 12.0 Å². The lowest BCUT2D eigenvalue weighted by Gasteiger charge is -2.14. The number of hydrogen-bond acceptors (Lipinski definition) is 5. The monoisotopic (exact) mass is 474 g/mol. The van der Waals surface area contributed by atoms with Crippen molar-refractivity contribution in [1.29, 1.82) is 0 Å². The number of nitrogens with zero attached hydrogens (tertiary/aromatic N) is 2. The molecule has 0 unspecified atom stereocenters. The number of amides is 1. The fourth-order valence-corrected chi connectivity index (χ4v) is 4.41. The van der Waals surface area contributed by atoms with E-state index in [1.807, 2.05) is 55.5 Å². The molecule has 3 rings (SSSR count). The largest absolute Gasteiger partial charge is 0.496 e. The summed E-state index contributed by atoms with van der Waals surface area (Å²) >= 11 is 4.89. The van der Waals surface area contributed by atoms with Gasteiger partial charge in [0.05, 0.1) is 28.8 Å². The first-order valence-corrected chi connectivity index (χ1v) is 11.0. The van der Waals surface area contributed by atoms with Crippen LogP contribution in [-0.4, -0.2) is 36.2 Å². The molecular weight excluding hydrogens is 452 g/mol. The van der Waals surface area contributed by atoms with E-state index >= 15 is 0 Å². The van der Waals surface area contributed by atoms with Crippen LogP contribution in [0.25, 0.3) is 6.08 Å². The number of halogens is 1. The molecule has 152 valence electrons. The van der Waals surface area contributed by atoms with Crippen molar-refractivity contribution in [3.8, 4) is 11.5 Å². The fourth-order valence-electron chi connectivity index (χ4n) is 2.83. The summed E-state index contributed by atoms with van der Waals surface area (Å²) in [5.41, 5.74) is 1.71. The highest BCUT2D eigenvalue weighted by atomic mass is 79.9. The van der Waals surface area contributed by atoms with Crippen molar-refractivity contribution < 1.29 is 14.3 Å². The topological polar surface area (TPSA) is 51.1 Å². The van der Waals surface area contributed by atoms with E-state index < -0.39 is 0 Å². The molecule has 0 radical (unpaired) electrons. The molecule has 1 aliphatic heterocycles. The number of carbonyl (C=O) groups excluding carboxylic acids is 1. The highest BCUT2D eigenvalue weighted by Gasteiger charge is 2.32. The Balaban J connectivity index is 1.88. The van der Waals surface area contributed by atoms with Crippen molar-refractivity contribution in [2.24, 2.45) is 4.99 Å². The molecule has 1 saturated heterocycles. The minimum Gasteiger partial charge on any atom is -0.496 e. The number of hydrogen-bond donors (Lipinski definition) is 0. The van der Waals surface area contributed by atoms with Crippen molar-refractivity contribution in [2.75, 3.05) is 20.3 Å². The van der Waals surface area contributed by atoms with E-state index in [-0.39, 0.29) is 5.91 Å². The van der Waals surface area contributed by atoms with Gasteiger partial charge in [-0.2, -0.15) is 0 Å². The van der Waals surface area contributed by atoms with Crippen LogP contribution < -0.4 is 9.47 Å². The third-order valence-corrected chi connectivity index (χ3v) is 5.81. The summed E-state index contributed by atoms with van der Waals surface area (Å²) in [6, 6.07) is 13.3. The van der Waals surface area contributed by atoms with E-state index in [2.05, 4.69) is 22.9 Å². The van der Waals surface area contributed by atoms with Gasteiger partial charge < -0.3 is 9.47 Å². The van der Waals surface area contributed by atoms with Crippen LogP contribution >= 0.6 is 27.7 Å². The molecule has 0 N–H and O–H groups in total. The molecule has 0 bridgehead atoms. The van der Waals surface area contributed by atoms with E-state index in [0.717, 1.165) is 33.6 Å². The Morgan fingerprint density at radius 1 is 1.17 bits per heavy atom. The quantitative estimate of drug-likeness (QED) is 0.470. The Morgan fingerprint density at radius 3 is 2.55 bits per heavy atom. The van der Waals surface area contributed by atoms with Gasteiger partial charge in [-0.1, -0.05) is 13.0 Å². The van der Waals surface area contributed by atoms with Gasteiger partial charge in [-0.25, -0.2) is 4.99 Å². The van der Waals surface area contributed by atoms with Gasteiger partial charge in [0.1, 0.15) is 11.5 Å². The minimum absolute atomic E-state index is 0.0199. The Bertz CT molecular complexity index is 942. The number of ether oxygens (including phenoxy) is 2. The van der Waals surface area contributed by atoms with Gasteiger partial charge in [0.15, 0.2) is 5.17 Å². The van der Waals surface area contributed by atoms with Crippen LogP contribution in [0.3, 0.4) is 0 Å². The predicted molar refractivity (Wildman–Crippen MR) is 123 cm³/mol. The Kier molecular flexibility index (Phi) is 7.39. The Hall–Kier alpha value is -2.25. The molecule has 0 aromatic heterocycles. The molecule has 0 saturated carbocycles. The number of methoxy groups -OCH3 is 1. The van der Waals surface area contributed by atoms with Crippen LogP contribution in [0.5, 0.6) is 11.5 Å². The highest BCUT2D eigenvalue weighted by Crippen LogP contribution is 2.35. The molecule has 1 heterocycles. The smallest absolute Gasteiger partial charge is 0.266 e. The fraction of sp³-hybridized carbons (Fsp3) is 0.273. The van der Waals surface area contributed by atoms with Crippen LogP contribution in [0, 0.1) is 0 Å².